The molecule has 2 aliphatic carbocycles. The lowest BCUT2D eigenvalue weighted by atomic mass is 9.34. The fraction of sp³-hybridized carbons (Fsp3) is 0.176. The molecule has 16 rings (SSSR count). The third-order valence-electron chi connectivity index (χ3n) is 17.6. The van der Waals surface area contributed by atoms with E-state index >= 15 is 0 Å². The first-order valence-electron chi connectivity index (χ1n) is 27.1. The van der Waals surface area contributed by atoms with Crippen LogP contribution in [0.1, 0.15) is 87.2 Å². The van der Waals surface area contributed by atoms with Crippen molar-refractivity contribution < 1.29 is 0 Å². The van der Waals surface area contributed by atoms with Crippen molar-refractivity contribution in [3.8, 4) is 56.3 Å². The van der Waals surface area contributed by atoms with Gasteiger partial charge in [-0.15, -0.1) is 0 Å². The molecular weight excluding hydrogens is 884 g/mol. The number of fused-ring (bicyclic) bond motifs is 11. The van der Waals surface area contributed by atoms with Crippen molar-refractivity contribution in [2.45, 2.75) is 76.0 Å². The number of hydrogen-bond acceptors (Lipinski definition) is 2. The van der Waals surface area contributed by atoms with Gasteiger partial charge >= 0.3 is 0 Å². The Balaban J connectivity index is 1.07. The first kappa shape index (κ1) is 41.6. The average Bonchev–Trinajstić information content (AvgIpc) is 3.98. The molecule has 12 aromatic rings. The van der Waals surface area contributed by atoms with Gasteiger partial charge in [0.1, 0.15) is 0 Å². The Labute approximate surface area is 426 Å². The van der Waals surface area contributed by atoms with Crippen molar-refractivity contribution >= 4 is 77.6 Å². The lowest BCUT2D eigenvalue weighted by Crippen LogP contribution is -2.59. The molecule has 9 aromatic carbocycles. The second-order valence-corrected chi connectivity index (χ2v) is 21.7. The van der Waals surface area contributed by atoms with Gasteiger partial charge in [-0.2, -0.15) is 0 Å². The van der Waals surface area contributed by atoms with Crippen molar-refractivity contribution in [1.82, 2.24) is 19.1 Å². The molecule has 2 saturated carbocycles. The summed E-state index contributed by atoms with van der Waals surface area (Å²) in [4.78, 5) is 10.8. The van der Waals surface area contributed by atoms with E-state index in [1.807, 2.05) is 0 Å². The fourth-order valence-electron chi connectivity index (χ4n) is 14.2. The first-order chi connectivity index (χ1) is 36.2. The van der Waals surface area contributed by atoms with E-state index in [1.54, 1.807) is 0 Å². The Morgan fingerprint density at radius 3 is 1.37 bits per heavy atom. The lowest BCUT2D eigenvalue weighted by Gasteiger charge is -2.35. The van der Waals surface area contributed by atoms with Crippen molar-refractivity contribution in [3.63, 3.8) is 0 Å². The molecule has 5 heteroatoms. The van der Waals surface area contributed by atoms with Crippen LogP contribution in [0.25, 0.3) is 111 Å². The van der Waals surface area contributed by atoms with E-state index in [0.29, 0.717) is 11.8 Å². The van der Waals surface area contributed by atoms with Crippen LogP contribution < -0.4 is 16.4 Å². The quantitative estimate of drug-likeness (QED) is 0.156. The van der Waals surface area contributed by atoms with Gasteiger partial charge in [0.25, 0.3) is 6.71 Å². The third kappa shape index (κ3) is 6.34. The van der Waals surface area contributed by atoms with Crippen LogP contribution in [0.5, 0.6) is 0 Å². The van der Waals surface area contributed by atoms with E-state index in [4.69, 9.17) is 9.97 Å². The van der Waals surface area contributed by atoms with Crippen LogP contribution in [0.3, 0.4) is 0 Å². The molecule has 0 bridgehead atoms. The molecule has 2 aliphatic heterocycles. The summed E-state index contributed by atoms with van der Waals surface area (Å²) in [7, 11) is 0. The Morgan fingerprint density at radius 2 is 0.849 bits per heavy atom. The fourth-order valence-corrected chi connectivity index (χ4v) is 14.2. The molecule has 0 amide bonds. The second-order valence-electron chi connectivity index (χ2n) is 21.7. The molecule has 4 aliphatic rings. The second kappa shape index (κ2) is 16.2. The number of para-hydroxylation sites is 1. The van der Waals surface area contributed by atoms with Gasteiger partial charge in [0, 0.05) is 60.5 Å². The maximum Gasteiger partial charge on any atom is 0.252 e. The van der Waals surface area contributed by atoms with E-state index in [0.717, 1.165) is 33.5 Å². The molecule has 5 heterocycles. The molecule has 0 saturated heterocycles. The zero-order chi connectivity index (χ0) is 47.7. The standard InChI is InChI=1S/C68H53BN4/c1-6-18-42(19-7-1)47-30-32-60-53(34-47)55-36-49(44-22-10-3-11-23-44)38-57-66(55)72(60)62-40-51(65-52-28-16-17-29-59(52)70-68(71-65)46-26-14-5-15-27-46)41-63-64(62)69(57)58-39-50(45-24-12-4-13-25-45)37-56-54-35-48(43-20-8-2-9-21-43)31-33-61(54)73(63)67(56)58/h1-2,5-9,14-21,26-41,44-45H,3-4,10-13,22-25H2. The van der Waals surface area contributed by atoms with Crippen LogP contribution >= 0.6 is 0 Å². The summed E-state index contributed by atoms with van der Waals surface area (Å²) in [5, 5.41) is 6.46. The maximum absolute atomic E-state index is 5.58. The lowest BCUT2D eigenvalue weighted by molar-refractivity contribution is 0.444. The van der Waals surface area contributed by atoms with Gasteiger partial charge in [0.05, 0.1) is 22.2 Å². The Hall–Kier alpha value is -8.02. The van der Waals surface area contributed by atoms with Gasteiger partial charge in [0.2, 0.25) is 0 Å². The van der Waals surface area contributed by atoms with Gasteiger partial charge in [-0.25, -0.2) is 9.97 Å². The van der Waals surface area contributed by atoms with Crippen molar-refractivity contribution in [2.75, 3.05) is 0 Å². The molecule has 73 heavy (non-hydrogen) atoms. The zero-order valence-corrected chi connectivity index (χ0v) is 41.0. The minimum absolute atomic E-state index is 0.0361. The first-order valence-corrected chi connectivity index (χ1v) is 27.1. The predicted octanol–water partition coefficient (Wildman–Crippen LogP) is 15.7. The van der Waals surface area contributed by atoms with Gasteiger partial charge in [-0.05, 0) is 142 Å². The molecule has 0 radical (unpaired) electrons. The number of nitrogens with zero attached hydrogens (tertiary/aromatic N) is 4. The van der Waals surface area contributed by atoms with E-state index in [1.165, 1.54) is 169 Å². The van der Waals surface area contributed by atoms with Crippen LogP contribution in [-0.2, 0) is 0 Å². The van der Waals surface area contributed by atoms with Crippen molar-refractivity contribution in [2.24, 2.45) is 0 Å². The molecule has 0 unspecified atom stereocenters. The van der Waals surface area contributed by atoms with Gasteiger partial charge in [0.15, 0.2) is 5.82 Å². The van der Waals surface area contributed by atoms with Gasteiger partial charge in [-0.1, -0.05) is 172 Å². The van der Waals surface area contributed by atoms with Crippen LogP contribution in [0, 0.1) is 0 Å². The smallest absolute Gasteiger partial charge is 0.252 e. The third-order valence-corrected chi connectivity index (χ3v) is 17.6. The summed E-state index contributed by atoms with van der Waals surface area (Å²) >= 11 is 0. The number of hydrogen-bond donors (Lipinski definition) is 0. The SMILES string of the molecule is c1ccc(-c2ccc3c(c2)c2cc(C4CCCCC4)cc4c2n3-c2cc(-c3nc(-c5ccccc5)nc5ccccc35)cc3c2B4c2cc(C4CCCCC4)cc4c5cc(-c6ccccc6)ccc5n-3c24)cc1. The van der Waals surface area contributed by atoms with E-state index in [-0.39, 0.29) is 6.71 Å². The summed E-state index contributed by atoms with van der Waals surface area (Å²) in [6.07, 6.45) is 12.9. The molecule has 0 spiro atoms. The van der Waals surface area contributed by atoms with Crippen molar-refractivity contribution in [3.05, 3.63) is 199 Å². The molecule has 348 valence electrons. The molecule has 4 nitrogen and oxygen atoms in total. The normalized spacial score (nSPS) is 15.5. The highest BCUT2D eigenvalue weighted by Crippen LogP contribution is 2.46. The van der Waals surface area contributed by atoms with E-state index in [9.17, 15) is 0 Å². The number of benzene rings is 9. The minimum Gasteiger partial charge on any atom is -0.310 e. The van der Waals surface area contributed by atoms with Crippen LogP contribution in [-0.4, -0.2) is 25.8 Å². The highest BCUT2D eigenvalue weighted by Gasteiger charge is 2.42. The Bertz CT molecular complexity index is 4010. The number of rotatable bonds is 6. The summed E-state index contributed by atoms with van der Waals surface area (Å²) < 4.78 is 5.35. The topological polar surface area (TPSA) is 35.6 Å². The highest BCUT2D eigenvalue weighted by molar-refractivity contribution is 7.00. The average molecular weight is 937 g/mol. The molecule has 3 aromatic heterocycles. The molecule has 2 fully saturated rings. The predicted molar refractivity (Wildman–Crippen MR) is 306 cm³/mol. The summed E-state index contributed by atoms with van der Waals surface area (Å²) in [5.41, 5.74) is 24.1. The molecule has 0 N–H and O–H groups in total. The van der Waals surface area contributed by atoms with Crippen LogP contribution in [0.2, 0.25) is 0 Å². The largest absolute Gasteiger partial charge is 0.310 e. The maximum atomic E-state index is 5.58. The monoisotopic (exact) mass is 936 g/mol. The molecular formula is C68H53BN4. The molecule has 0 atom stereocenters. The van der Waals surface area contributed by atoms with Crippen LogP contribution in [0.4, 0.5) is 0 Å². The zero-order valence-electron chi connectivity index (χ0n) is 41.0. The van der Waals surface area contributed by atoms with E-state index < -0.39 is 0 Å². The Kier molecular flexibility index (Phi) is 9.26. The van der Waals surface area contributed by atoms with Gasteiger partial charge < -0.3 is 9.13 Å². The van der Waals surface area contributed by atoms with E-state index in [2.05, 4.69) is 197 Å². The van der Waals surface area contributed by atoms with Crippen molar-refractivity contribution in [1.29, 1.82) is 0 Å². The Morgan fingerprint density at radius 1 is 0.370 bits per heavy atom. The highest BCUT2D eigenvalue weighted by atomic mass is 15.0. The summed E-state index contributed by atoms with van der Waals surface area (Å²) in [6, 6.07) is 71.2. The summed E-state index contributed by atoms with van der Waals surface area (Å²) in [5.74, 6) is 1.85. The number of aromatic nitrogens is 4. The van der Waals surface area contributed by atoms with Crippen LogP contribution in [0.15, 0.2) is 188 Å². The van der Waals surface area contributed by atoms with Gasteiger partial charge in [-0.3, -0.25) is 0 Å². The minimum atomic E-state index is 0.0361. The summed E-state index contributed by atoms with van der Waals surface area (Å²) in [6.45, 7) is 0.0361.